The molecule has 4 N–H and O–H groups in total. The van der Waals surface area contributed by atoms with E-state index in [1.807, 2.05) is 6.20 Å². The number of carbonyl (C=O) groups is 1. The second-order valence-electron chi connectivity index (χ2n) is 2.74. The Hall–Kier alpha value is -1.49. The van der Waals surface area contributed by atoms with Crippen LogP contribution in [0.2, 0.25) is 0 Å². The van der Waals surface area contributed by atoms with Gasteiger partial charge in [0.25, 0.3) is 0 Å². The summed E-state index contributed by atoms with van der Waals surface area (Å²) < 4.78 is 0. The molecule has 5 heteroatoms. The maximum atomic E-state index is 10.9. The SMILES string of the molecule is NC(=O)C1CNN2C=CNC=C12. The molecule has 0 radical (unpaired) electrons. The standard InChI is InChI=1S/C7H10N4O/c8-7(12)5-3-10-11-2-1-9-4-6(5)11/h1-2,4-5,9-10H,3H2,(H2,8,12). The minimum Gasteiger partial charge on any atom is -0.369 e. The van der Waals surface area contributed by atoms with Gasteiger partial charge in [0.2, 0.25) is 5.91 Å². The van der Waals surface area contributed by atoms with Gasteiger partial charge in [-0.2, -0.15) is 0 Å². The zero-order valence-corrected chi connectivity index (χ0v) is 6.45. The highest BCUT2D eigenvalue weighted by Gasteiger charge is 2.31. The van der Waals surface area contributed by atoms with Gasteiger partial charge < -0.3 is 11.1 Å². The van der Waals surface area contributed by atoms with E-state index in [4.69, 9.17) is 5.73 Å². The molecule has 0 aromatic heterocycles. The zero-order chi connectivity index (χ0) is 8.55. The first-order valence-electron chi connectivity index (χ1n) is 3.74. The van der Waals surface area contributed by atoms with E-state index < -0.39 is 0 Å². The quantitative estimate of drug-likeness (QED) is 0.459. The average Bonchev–Trinajstić information content (AvgIpc) is 2.47. The average molecular weight is 166 g/mol. The Morgan fingerprint density at radius 2 is 2.58 bits per heavy atom. The molecule has 0 saturated carbocycles. The van der Waals surface area contributed by atoms with Gasteiger partial charge in [0, 0.05) is 25.1 Å². The molecule has 5 nitrogen and oxygen atoms in total. The molecule has 2 rings (SSSR count). The monoisotopic (exact) mass is 166 g/mol. The van der Waals surface area contributed by atoms with Crippen molar-refractivity contribution in [2.24, 2.45) is 11.7 Å². The fourth-order valence-electron chi connectivity index (χ4n) is 1.36. The largest absolute Gasteiger partial charge is 0.369 e. The molecule has 2 aliphatic rings. The van der Waals surface area contributed by atoms with Crippen molar-refractivity contribution in [3.05, 3.63) is 24.3 Å². The van der Waals surface area contributed by atoms with Crippen LogP contribution in [-0.2, 0) is 4.79 Å². The van der Waals surface area contributed by atoms with Crippen molar-refractivity contribution in [1.82, 2.24) is 15.8 Å². The van der Waals surface area contributed by atoms with E-state index in [9.17, 15) is 4.79 Å². The molecule has 1 atom stereocenters. The molecule has 1 saturated heterocycles. The van der Waals surface area contributed by atoms with Crippen LogP contribution >= 0.6 is 0 Å². The predicted molar refractivity (Wildman–Crippen MR) is 42.9 cm³/mol. The minimum absolute atomic E-state index is 0.220. The van der Waals surface area contributed by atoms with Crippen molar-refractivity contribution in [3.63, 3.8) is 0 Å². The van der Waals surface area contributed by atoms with Crippen LogP contribution in [0.25, 0.3) is 0 Å². The van der Waals surface area contributed by atoms with Crippen LogP contribution in [0.3, 0.4) is 0 Å². The molecule has 1 fully saturated rings. The highest BCUT2D eigenvalue weighted by Crippen LogP contribution is 2.21. The third-order valence-electron chi connectivity index (χ3n) is 2.00. The van der Waals surface area contributed by atoms with Crippen molar-refractivity contribution in [2.45, 2.75) is 0 Å². The molecule has 2 heterocycles. The third-order valence-corrected chi connectivity index (χ3v) is 2.00. The van der Waals surface area contributed by atoms with Crippen LogP contribution in [0.4, 0.5) is 0 Å². The summed E-state index contributed by atoms with van der Waals surface area (Å²) in [5, 5.41) is 4.71. The number of nitrogens with two attached hydrogens (primary N) is 1. The first-order chi connectivity index (χ1) is 5.79. The van der Waals surface area contributed by atoms with Crippen LogP contribution in [0.1, 0.15) is 0 Å². The maximum Gasteiger partial charge on any atom is 0.227 e. The van der Waals surface area contributed by atoms with Crippen molar-refractivity contribution >= 4 is 5.91 Å². The summed E-state index contributed by atoms with van der Waals surface area (Å²) in [6, 6.07) is 0. The lowest BCUT2D eigenvalue weighted by Crippen LogP contribution is -2.28. The van der Waals surface area contributed by atoms with Gasteiger partial charge >= 0.3 is 0 Å². The Balaban J connectivity index is 2.23. The number of hydrogen-bond donors (Lipinski definition) is 3. The first-order valence-corrected chi connectivity index (χ1v) is 3.74. The molecule has 12 heavy (non-hydrogen) atoms. The lowest BCUT2D eigenvalue weighted by Gasteiger charge is -2.19. The van der Waals surface area contributed by atoms with E-state index in [2.05, 4.69) is 10.7 Å². The van der Waals surface area contributed by atoms with Gasteiger partial charge in [0.15, 0.2) is 0 Å². The summed E-state index contributed by atoms with van der Waals surface area (Å²) in [7, 11) is 0. The predicted octanol–water partition coefficient (Wildman–Crippen LogP) is -1.18. The number of fused-ring (bicyclic) bond motifs is 1. The maximum absolute atomic E-state index is 10.9. The molecular weight excluding hydrogens is 156 g/mol. The molecule has 0 aromatic carbocycles. The molecular formula is C7H10N4O. The lowest BCUT2D eigenvalue weighted by molar-refractivity contribution is -0.120. The van der Waals surface area contributed by atoms with Gasteiger partial charge in [0.05, 0.1) is 11.6 Å². The number of nitrogens with zero attached hydrogens (tertiary/aromatic N) is 1. The first kappa shape index (κ1) is 7.17. The summed E-state index contributed by atoms with van der Waals surface area (Å²) in [6.45, 7) is 0.577. The van der Waals surface area contributed by atoms with Gasteiger partial charge in [-0.25, -0.2) is 5.43 Å². The Labute approximate surface area is 69.9 Å². The van der Waals surface area contributed by atoms with E-state index in [0.717, 1.165) is 5.70 Å². The number of hydrogen-bond acceptors (Lipinski definition) is 4. The van der Waals surface area contributed by atoms with E-state index in [-0.39, 0.29) is 11.8 Å². The van der Waals surface area contributed by atoms with Crippen LogP contribution in [0.15, 0.2) is 24.3 Å². The summed E-state index contributed by atoms with van der Waals surface area (Å²) in [6.07, 6.45) is 5.37. The highest BCUT2D eigenvalue weighted by molar-refractivity contribution is 5.80. The smallest absolute Gasteiger partial charge is 0.227 e. The van der Waals surface area contributed by atoms with Gasteiger partial charge in [-0.1, -0.05) is 0 Å². The molecule has 64 valence electrons. The van der Waals surface area contributed by atoms with Crippen LogP contribution in [0, 0.1) is 5.92 Å². The fourth-order valence-corrected chi connectivity index (χ4v) is 1.36. The number of carbonyl (C=O) groups excluding carboxylic acids is 1. The molecule has 0 spiro atoms. The molecule has 0 aliphatic carbocycles. The number of rotatable bonds is 1. The summed E-state index contributed by atoms with van der Waals surface area (Å²) in [4.78, 5) is 10.9. The van der Waals surface area contributed by atoms with Crippen molar-refractivity contribution < 1.29 is 4.79 Å². The van der Waals surface area contributed by atoms with Gasteiger partial charge in [-0.15, -0.1) is 0 Å². The number of primary amides is 1. The van der Waals surface area contributed by atoms with Crippen molar-refractivity contribution in [3.8, 4) is 0 Å². The Bertz CT molecular complexity index is 271. The number of hydrazine groups is 1. The van der Waals surface area contributed by atoms with Gasteiger partial charge in [-0.3, -0.25) is 9.80 Å². The Morgan fingerprint density at radius 1 is 1.75 bits per heavy atom. The van der Waals surface area contributed by atoms with E-state index in [1.165, 1.54) is 0 Å². The van der Waals surface area contributed by atoms with Crippen molar-refractivity contribution in [1.29, 1.82) is 0 Å². The van der Waals surface area contributed by atoms with Crippen LogP contribution < -0.4 is 16.5 Å². The summed E-state index contributed by atoms with van der Waals surface area (Å²) in [5.74, 6) is -0.518. The summed E-state index contributed by atoms with van der Waals surface area (Å²) in [5.41, 5.74) is 9.11. The van der Waals surface area contributed by atoms with Crippen molar-refractivity contribution in [2.75, 3.05) is 6.54 Å². The fraction of sp³-hybridized carbons (Fsp3) is 0.286. The normalized spacial score (nSPS) is 26.2. The lowest BCUT2D eigenvalue weighted by atomic mass is 10.1. The van der Waals surface area contributed by atoms with E-state index in [0.29, 0.717) is 6.54 Å². The van der Waals surface area contributed by atoms with Gasteiger partial charge in [-0.05, 0) is 0 Å². The topological polar surface area (TPSA) is 70.4 Å². The third kappa shape index (κ3) is 0.947. The van der Waals surface area contributed by atoms with E-state index in [1.54, 1.807) is 17.4 Å². The highest BCUT2D eigenvalue weighted by atomic mass is 16.1. The Morgan fingerprint density at radius 3 is 3.33 bits per heavy atom. The van der Waals surface area contributed by atoms with E-state index >= 15 is 0 Å². The molecule has 1 unspecified atom stereocenters. The second kappa shape index (κ2) is 2.53. The minimum atomic E-state index is -0.298. The van der Waals surface area contributed by atoms with Gasteiger partial charge in [0.1, 0.15) is 0 Å². The zero-order valence-electron chi connectivity index (χ0n) is 6.45. The second-order valence-corrected chi connectivity index (χ2v) is 2.74. The molecule has 0 aromatic rings. The van der Waals surface area contributed by atoms with Crippen LogP contribution in [-0.4, -0.2) is 17.5 Å². The molecule has 2 aliphatic heterocycles. The molecule has 1 amide bonds. The Kier molecular flexibility index (Phi) is 1.51. The summed E-state index contributed by atoms with van der Waals surface area (Å²) >= 11 is 0. The number of nitrogens with one attached hydrogen (secondary N) is 2. The van der Waals surface area contributed by atoms with Crippen LogP contribution in [0.5, 0.6) is 0 Å². The molecule has 0 bridgehead atoms. The number of amides is 1.